The van der Waals surface area contributed by atoms with Crippen LogP contribution in [0.3, 0.4) is 0 Å². The number of piperidine rings is 1. The van der Waals surface area contributed by atoms with E-state index in [2.05, 4.69) is 39.1 Å². The average molecular weight is 481 g/mol. The van der Waals surface area contributed by atoms with E-state index in [-0.39, 0.29) is 11.8 Å². The number of aryl methyl sites for hydroxylation is 1. The minimum atomic E-state index is 0.144. The average Bonchev–Trinajstić information content (AvgIpc) is 3.04. The van der Waals surface area contributed by atoms with Crippen molar-refractivity contribution in [3.05, 3.63) is 43.7 Å². The standard InChI is InChI=1S/C29H40N2O2S/c1-17-14-18(2)24(27(32)23-8-7-22(23)15-17)16-31-13-5-6-25-26(29(31)33)20(4)28(34-25)19(3)21-9-11-30-12-10-21/h14,19,21-23,30H,5-13,15-16H2,1-4H3/t19-,22?,23+/m1/s1. The van der Waals surface area contributed by atoms with E-state index in [1.165, 1.54) is 33.7 Å². The van der Waals surface area contributed by atoms with E-state index in [4.69, 9.17) is 0 Å². The van der Waals surface area contributed by atoms with Crippen LogP contribution in [0, 0.1) is 24.7 Å². The van der Waals surface area contributed by atoms with Crippen molar-refractivity contribution in [2.75, 3.05) is 26.2 Å². The molecule has 1 aromatic heterocycles. The van der Waals surface area contributed by atoms with Crippen LogP contribution in [0.15, 0.2) is 22.8 Å². The lowest BCUT2D eigenvalue weighted by Gasteiger charge is -2.38. The van der Waals surface area contributed by atoms with Crippen molar-refractivity contribution >= 4 is 23.0 Å². The van der Waals surface area contributed by atoms with Crippen molar-refractivity contribution in [1.29, 1.82) is 0 Å². The van der Waals surface area contributed by atoms with Gasteiger partial charge in [0.1, 0.15) is 0 Å². The number of allylic oxidation sites excluding steroid dienone is 3. The highest BCUT2D eigenvalue weighted by Gasteiger charge is 2.40. The lowest BCUT2D eigenvalue weighted by Crippen LogP contribution is -2.40. The SMILES string of the molecule is CC1=CC(C)=C(CN2CCCc3sc([C@H](C)C4CCNCC4)c(C)c3C2=O)C(=O)[C@H]2CCC2C1. The van der Waals surface area contributed by atoms with Crippen molar-refractivity contribution in [2.45, 2.75) is 78.6 Å². The smallest absolute Gasteiger partial charge is 0.255 e. The van der Waals surface area contributed by atoms with Gasteiger partial charge in [-0.05, 0) is 108 Å². The molecular weight excluding hydrogens is 440 g/mol. The number of thiophene rings is 1. The molecule has 0 bridgehead atoms. The van der Waals surface area contributed by atoms with Gasteiger partial charge in [0.05, 0.1) is 5.56 Å². The number of nitrogens with zero attached hydrogens (tertiary/aromatic N) is 1. The Balaban J connectivity index is 1.42. The number of carbonyl (C=O) groups excluding carboxylic acids is 2. The molecule has 1 amide bonds. The number of hydrogen-bond donors (Lipinski definition) is 1. The quantitative estimate of drug-likeness (QED) is 0.592. The molecule has 3 atom stereocenters. The van der Waals surface area contributed by atoms with E-state index < -0.39 is 0 Å². The van der Waals surface area contributed by atoms with Gasteiger partial charge in [-0.2, -0.15) is 0 Å². The summed E-state index contributed by atoms with van der Waals surface area (Å²) in [4.78, 5) is 32.1. The first-order valence-electron chi connectivity index (χ1n) is 13.4. The monoisotopic (exact) mass is 480 g/mol. The molecule has 1 aromatic rings. The van der Waals surface area contributed by atoms with Crippen molar-refractivity contribution < 1.29 is 9.59 Å². The van der Waals surface area contributed by atoms with Crippen LogP contribution in [0.4, 0.5) is 0 Å². The molecule has 1 saturated heterocycles. The van der Waals surface area contributed by atoms with Crippen molar-refractivity contribution in [2.24, 2.45) is 17.8 Å². The molecule has 1 N–H and O–H groups in total. The number of nitrogens with one attached hydrogen (secondary N) is 1. The molecule has 4 nitrogen and oxygen atoms in total. The lowest BCUT2D eigenvalue weighted by atomic mass is 9.66. The van der Waals surface area contributed by atoms with Crippen LogP contribution < -0.4 is 5.32 Å². The topological polar surface area (TPSA) is 49.4 Å². The highest BCUT2D eigenvalue weighted by molar-refractivity contribution is 7.12. The molecule has 34 heavy (non-hydrogen) atoms. The zero-order chi connectivity index (χ0) is 24.0. The van der Waals surface area contributed by atoms with E-state index in [0.717, 1.165) is 68.4 Å². The Bertz CT molecular complexity index is 1040. The number of amides is 1. The van der Waals surface area contributed by atoms with E-state index in [1.54, 1.807) is 0 Å². The summed E-state index contributed by atoms with van der Waals surface area (Å²) in [5.41, 5.74) is 5.46. The summed E-state index contributed by atoms with van der Waals surface area (Å²) in [5.74, 6) is 2.30. The number of hydrogen-bond acceptors (Lipinski definition) is 4. The van der Waals surface area contributed by atoms with Gasteiger partial charge in [0.15, 0.2) is 5.78 Å². The maximum atomic E-state index is 13.9. The summed E-state index contributed by atoms with van der Waals surface area (Å²) in [6.45, 7) is 12.2. The molecule has 2 aliphatic carbocycles. The molecule has 5 heteroatoms. The molecule has 4 aliphatic rings. The number of rotatable bonds is 4. The van der Waals surface area contributed by atoms with E-state index >= 15 is 0 Å². The number of carbonyl (C=O) groups is 2. The zero-order valence-electron chi connectivity index (χ0n) is 21.3. The lowest BCUT2D eigenvalue weighted by molar-refractivity contribution is -0.124. The second kappa shape index (κ2) is 9.73. The third-order valence-corrected chi connectivity index (χ3v) is 10.6. The Kier molecular flexibility index (Phi) is 6.87. The summed E-state index contributed by atoms with van der Waals surface area (Å²) in [6, 6.07) is 0. The highest BCUT2D eigenvalue weighted by atomic mass is 32.1. The molecule has 3 heterocycles. The van der Waals surface area contributed by atoms with Gasteiger partial charge in [0.25, 0.3) is 5.91 Å². The van der Waals surface area contributed by atoms with Gasteiger partial charge in [-0.25, -0.2) is 0 Å². The Labute approximate surface area is 208 Å². The van der Waals surface area contributed by atoms with Crippen molar-refractivity contribution in [3.63, 3.8) is 0 Å². The van der Waals surface area contributed by atoms with Gasteiger partial charge >= 0.3 is 0 Å². The minimum Gasteiger partial charge on any atom is -0.334 e. The first-order valence-corrected chi connectivity index (χ1v) is 14.2. The highest BCUT2D eigenvalue weighted by Crippen LogP contribution is 2.44. The summed E-state index contributed by atoms with van der Waals surface area (Å²) < 4.78 is 0. The third-order valence-electron chi connectivity index (χ3n) is 9.02. The number of ketones is 1. The maximum absolute atomic E-state index is 13.9. The predicted octanol–water partition coefficient (Wildman–Crippen LogP) is 5.81. The van der Waals surface area contributed by atoms with Gasteiger partial charge in [-0.3, -0.25) is 9.59 Å². The molecule has 1 saturated carbocycles. The first-order chi connectivity index (χ1) is 16.3. The Morgan fingerprint density at radius 2 is 1.88 bits per heavy atom. The first kappa shape index (κ1) is 24.0. The van der Waals surface area contributed by atoms with Gasteiger partial charge in [0.2, 0.25) is 0 Å². The molecule has 184 valence electrons. The summed E-state index contributed by atoms with van der Waals surface area (Å²) >= 11 is 1.89. The fraction of sp³-hybridized carbons (Fsp3) is 0.655. The summed E-state index contributed by atoms with van der Waals surface area (Å²) in [7, 11) is 0. The van der Waals surface area contributed by atoms with Gasteiger partial charge in [0, 0.05) is 34.3 Å². The second-order valence-corrected chi connectivity index (χ2v) is 12.4. The molecular formula is C29H40N2O2S. The zero-order valence-corrected chi connectivity index (χ0v) is 22.2. The summed E-state index contributed by atoms with van der Waals surface area (Å²) in [6.07, 6.45) is 9.78. The Morgan fingerprint density at radius 1 is 1.12 bits per heavy atom. The fourth-order valence-corrected chi connectivity index (χ4v) is 8.27. The van der Waals surface area contributed by atoms with Crippen LogP contribution in [-0.2, 0) is 11.2 Å². The van der Waals surface area contributed by atoms with Crippen LogP contribution >= 0.6 is 11.3 Å². The van der Waals surface area contributed by atoms with E-state index in [0.29, 0.717) is 30.1 Å². The summed E-state index contributed by atoms with van der Waals surface area (Å²) in [5, 5.41) is 3.48. The fourth-order valence-electron chi connectivity index (χ4n) is 6.78. The largest absolute Gasteiger partial charge is 0.334 e. The number of fused-ring (bicyclic) bond motifs is 2. The van der Waals surface area contributed by atoms with Crippen LogP contribution in [0.2, 0.25) is 0 Å². The molecule has 5 rings (SSSR count). The molecule has 0 aromatic carbocycles. The predicted molar refractivity (Wildman–Crippen MR) is 140 cm³/mol. The second-order valence-electron chi connectivity index (χ2n) is 11.3. The minimum absolute atomic E-state index is 0.144. The Morgan fingerprint density at radius 3 is 2.59 bits per heavy atom. The van der Waals surface area contributed by atoms with Crippen LogP contribution in [0.5, 0.6) is 0 Å². The molecule has 0 radical (unpaired) electrons. The van der Waals surface area contributed by atoms with Crippen LogP contribution in [-0.4, -0.2) is 42.8 Å². The van der Waals surface area contributed by atoms with E-state index in [9.17, 15) is 9.59 Å². The molecule has 1 unspecified atom stereocenters. The van der Waals surface area contributed by atoms with Crippen LogP contribution in [0.1, 0.15) is 90.9 Å². The normalized spacial score (nSPS) is 27.3. The van der Waals surface area contributed by atoms with Crippen molar-refractivity contribution in [1.82, 2.24) is 10.2 Å². The maximum Gasteiger partial charge on any atom is 0.255 e. The molecule has 0 spiro atoms. The number of Topliss-reactive ketones (excluding diaryl/α,β-unsaturated/α-hetero) is 1. The third kappa shape index (κ3) is 4.35. The molecule has 2 fully saturated rings. The van der Waals surface area contributed by atoms with Gasteiger partial charge in [-0.15, -0.1) is 11.3 Å². The van der Waals surface area contributed by atoms with Gasteiger partial charge < -0.3 is 10.2 Å². The van der Waals surface area contributed by atoms with E-state index in [1.807, 2.05) is 16.2 Å². The van der Waals surface area contributed by atoms with Crippen LogP contribution in [0.25, 0.3) is 0 Å². The Hall–Kier alpha value is -1.72. The van der Waals surface area contributed by atoms with Crippen molar-refractivity contribution in [3.8, 4) is 0 Å². The van der Waals surface area contributed by atoms with Gasteiger partial charge in [-0.1, -0.05) is 18.6 Å². The molecule has 2 aliphatic heterocycles.